The molecular weight excluding hydrogens is 150 g/mol. The average Bonchev–Trinajstić information content (AvgIpc) is 2.58. The van der Waals surface area contributed by atoms with E-state index in [1.165, 1.54) is 19.4 Å². The predicted octanol–water partition coefficient (Wildman–Crippen LogP) is 1.43. The zero-order valence-corrected chi connectivity index (χ0v) is 7.75. The molecule has 2 heteroatoms. The summed E-state index contributed by atoms with van der Waals surface area (Å²) in [4.78, 5) is 2.53. The van der Waals surface area contributed by atoms with Gasteiger partial charge in [0.25, 0.3) is 0 Å². The van der Waals surface area contributed by atoms with Gasteiger partial charge in [-0.3, -0.25) is 4.90 Å². The van der Waals surface area contributed by atoms with Crippen molar-refractivity contribution in [2.24, 2.45) is 0 Å². The van der Waals surface area contributed by atoms with E-state index < -0.39 is 0 Å². The SMILES string of the molecule is CCOCC12C=CCN1CCC2. The lowest BCUT2D eigenvalue weighted by Gasteiger charge is -2.30. The van der Waals surface area contributed by atoms with Crippen LogP contribution in [-0.4, -0.2) is 36.7 Å². The van der Waals surface area contributed by atoms with E-state index in [0.29, 0.717) is 0 Å². The molecular formula is C10H17NO. The monoisotopic (exact) mass is 167 g/mol. The number of ether oxygens (including phenoxy) is 1. The molecule has 0 aliphatic carbocycles. The molecule has 0 amide bonds. The van der Waals surface area contributed by atoms with E-state index in [1.54, 1.807) is 0 Å². The number of hydrogen-bond donors (Lipinski definition) is 0. The van der Waals surface area contributed by atoms with E-state index >= 15 is 0 Å². The summed E-state index contributed by atoms with van der Waals surface area (Å²) in [5, 5.41) is 0. The fourth-order valence-corrected chi connectivity index (χ4v) is 2.31. The quantitative estimate of drug-likeness (QED) is 0.589. The van der Waals surface area contributed by atoms with Crippen molar-refractivity contribution >= 4 is 0 Å². The van der Waals surface area contributed by atoms with Gasteiger partial charge in [-0.2, -0.15) is 0 Å². The van der Waals surface area contributed by atoms with Crippen molar-refractivity contribution in [1.29, 1.82) is 0 Å². The first kappa shape index (κ1) is 8.27. The second kappa shape index (κ2) is 3.19. The zero-order chi connectivity index (χ0) is 8.44. The Morgan fingerprint density at radius 1 is 1.58 bits per heavy atom. The Balaban J connectivity index is 2.01. The van der Waals surface area contributed by atoms with Gasteiger partial charge >= 0.3 is 0 Å². The normalized spacial score (nSPS) is 34.4. The van der Waals surface area contributed by atoms with Gasteiger partial charge in [0.1, 0.15) is 0 Å². The second-order valence-electron chi connectivity index (χ2n) is 3.69. The van der Waals surface area contributed by atoms with Crippen LogP contribution in [0.3, 0.4) is 0 Å². The molecule has 1 fully saturated rings. The maximum Gasteiger partial charge on any atom is 0.0686 e. The van der Waals surface area contributed by atoms with E-state index in [1.807, 2.05) is 0 Å². The molecule has 2 rings (SSSR count). The molecule has 1 unspecified atom stereocenters. The Hall–Kier alpha value is -0.340. The third-order valence-electron chi connectivity index (χ3n) is 2.98. The molecule has 0 aromatic rings. The van der Waals surface area contributed by atoms with Crippen LogP contribution >= 0.6 is 0 Å². The molecule has 1 atom stereocenters. The van der Waals surface area contributed by atoms with Gasteiger partial charge in [0.15, 0.2) is 0 Å². The zero-order valence-electron chi connectivity index (χ0n) is 7.75. The molecule has 2 heterocycles. The van der Waals surface area contributed by atoms with Crippen molar-refractivity contribution in [2.75, 3.05) is 26.3 Å². The summed E-state index contributed by atoms with van der Waals surface area (Å²) in [6.07, 6.45) is 7.23. The molecule has 1 saturated heterocycles. The number of hydrogen-bond acceptors (Lipinski definition) is 2. The molecule has 0 spiro atoms. The largest absolute Gasteiger partial charge is 0.379 e. The summed E-state index contributed by atoms with van der Waals surface area (Å²) in [6, 6.07) is 0. The number of fused-ring (bicyclic) bond motifs is 1. The summed E-state index contributed by atoms with van der Waals surface area (Å²) in [6.45, 7) is 6.17. The van der Waals surface area contributed by atoms with Crippen LogP contribution in [0, 0.1) is 0 Å². The molecule has 0 N–H and O–H groups in total. The van der Waals surface area contributed by atoms with E-state index in [4.69, 9.17) is 4.74 Å². The summed E-state index contributed by atoms with van der Waals surface area (Å²) >= 11 is 0. The van der Waals surface area contributed by atoms with Gasteiger partial charge in [-0.1, -0.05) is 12.2 Å². The Morgan fingerprint density at radius 3 is 3.33 bits per heavy atom. The summed E-state index contributed by atoms with van der Waals surface area (Å²) in [5.74, 6) is 0. The lowest BCUT2D eigenvalue weighted by Crippen LogP contribution is -2.42. The standard InChI is InChI=1S/C10H17NO/c1-2-12-9-10-5-3-7-11(10)8-4-6-10/h3,5H,2,4,6-9H2,1H3. The van der Waals surface area contributed by atoms with Gasteiger partial charge in [-0.25, -0.2) is 0 Å². The maximum absolute atomic E-state index is 5.53. The van der Waals surface area contributed by atoms with E-state index in [9.17, 15) is 0 Å². The van der Waals surface area contributed by atoms with Crippen LogP contribution in [0.25, 0.3) is 0 Å². The molecule has 2 nitrogen and oxygen atoms in total. The predicted molar refractivity (Wildman–Crippen MR) is 49.2 cm³/mol. The number of rotatable bonds is 3. The molecule has 12 heavy (non-hydrogen) atoms. The molecule has 0 radical (unpaired) electrons. The first-order chi connectivity index (χ1) is 5.87. The van der Waals surface area contributed by atoms with Gasteiger partial charge in [0.2, 0.25) is 0 Å². The van der Waals surface area contributed by atoms with Crippen LogP contribution in [0.4, 0.5) is 0 Å². The Morgan fingerprint density at radius 2 is 2.50 bits per heavy atom. The van der Waals surface area contributed by atoms with Crippen molar-refractivity contribution < 1.29 is 4.74 Å². The van der Waals surface area contributed by atoms with E-state index in [0.717, 1.165) is 19.8 Å². The van der Waals surface area contributed by atoms with Crippen molar-refractivity contribution in [3.63, 3.8) is 0 Å². The van der Waals surface area contributed by atoms with Crippen LogP contribution in [0.5, 0.6) is 0 Å². The van der Waals surface area contributed by atoms with Crippen LogP contribution in [-0.2, 0) is 4.74 Å². The molecule has 0 saturated carbocycles. The molecule has 2 aliphatic heterocycles. The highest BCUT2D eigenvalue weighted by Gasteiger charge is 2.40. The second-order valence-corrected chi connectivity index (χ2v) is 3.69. The van der Waals surface area contributed by atoms with Gasteiger partial charge in [0, 0.05) is 13.2 Å². The first-order valence-electron chi connectivity index (χ1n) is 4.88. The third-order valence-corrected chi connectivity index (χ3v) is 2.98. The lowest BCUT2D eigenvalue weighted by atomic mass is 9.99. The highest BCUT2D eigenvalue weighted by Crippen LogP contribution is 2.34. The Bertz CT molecular complexity index is 190. The number of nitrogens with zero attached hydrogens (tertiary/aromatic N) is 1. The summed E-state index contributed by atoms with van der Waals surface area (Å²) in [7, 11) is 0. The van der Waals surface area contributed by atoms with E-state index in [-0.39, 0.29) is 5.54 Å². The van der Waals surface area contributed by atoms with Gasteiger partial charge in [0.05, 0.1) is 12.1 Å². The van der Waals surface area contributed by atoms with Crippen molar-refractivity contribution in [3.8, 4) is 0 Å². The molecule has 0 aromatic heterocycles. The fraction of sp³-hybridized carbons (Fsp3) is 0.800. The Labute approximate surface area is 74.2 Å². The fourth-order valence-electron chi connectivity index (χ4n) is 2.31. The minimum Gasteiger partial charge on any atom is -0.379 e. The highest BCUT2D eigenvalue weighted by atomic mass is 16.5. The van der Waals surface area contributed by atoms with Gasteiger partial charge in [-0.05, 0) is 26.3 Å². The minimum atomic E-state index is 0.288. The minimum absolute atomic E-state index is 0.288. The first-order valence-corrected chi connectivity index (χ1v) is 4.88. The molecule has 68 valence electrons. The third kappa shape index (κ3) is 1.19. The molecule has 2 aliphatic rings. The van der Waals surface area contributed by atoms with Gasteiger partial charge in [-0.15, -0.1) is 0 Å². The van der Waals surface area contributed by atoms with Crippen LogP contribution < -0.4 is 0 Å². The summed E-state index contributed by atoms with van der Waals surface area (Å²) < 4.78 is 5.53. The van der Waals surface area contributed by atoms with Crippen LogP contribution in [0.2, 0.25) is 0 Å². The van der Waals surface area contributed by atoms with Crippen molar-refractivity contribution in [1.82, 2.24) is 4.90 Å². The summed E-state index contributed by atoms with van der Waals surface area (Å²) in [5.41, 5.74) is 0.288. The van der Waals surface area contributed by atoms with E-state index in [2.05, 4.69) is 24.0 Å². The molecule has 0 bridgehead atoms. The van der Waals surface area contributed by atoms with Gasteiger partial charge < -0.3 is 4.74 Å². The van der Waals surface area contributed by atoms with Crippen LogP contribution in [0.15, 0.2) is 12.2 Å². The smallest absolute Gasteiger partial charge is 0.0686 e. The topological polar surface area (TPSA) is 12.5 Å². The lowest BCUT2D eigenvalue weighted by molar-refractivity contribution is 0.0591. The molecule has 0 aromatic carbocycles. The maximum atomic E-state index is 5.53. The average molecular weight is 167 g/mol. The Kier molecular flexibility index (Phi) is 2.20. The van der Waals surface area contributed by atoms with Crippen molar-refractivity contribution in [2.45, 2.75) is 25.3 Å². The highest BCUT2D eigenvalue weighted by molar-refractivity contribution is 5.17. The van der Waals surface area contributed by atoms with Crippen molar-refractivity contribution in [3.05, 3.63) is 12.2 Å². The van der Waals surface area contributed by atoms with Crippen LogP contribution in [0.1, 0.15) is 19.8 Å².